The van der Waals surface area contributed by atoms with Crippen LogP contribution in [0.3, 0.4) is 0 Å². The molecular formula is C11H16ClN3O. The van der Waals surface area contributed by atoms with Crippen LogP contribution in [0.15, 0.2) is 6.20 Å². The molecule has 0 saturated carbocycles. The van der Waals surface area contributed by atoms with E-state index in [-0.39, 0.29) is 0 Å². The Morgan fingerprint density at radius 2 is 2.44 bits per heavy atom. The Balaban J connectivity index is 2.22. The van der Waals surface area contributed by atoms with E-state index in [0.29, 0.717) is 11.9 Å². The molecule has 0 spiro atoms. The molecule has 0 aromatic carbocycles. The summed E-state index contributed by atoms with van der Waals surface area (Å²) in [6.45, 7) is 6.41. The monoisotopic (exact) mass is 241 g/mol. The second kappa shape index (κ2) is 4.97. The molecule has 0 radical (unpaired) electrons. The maximum atomic E-state index is 5.79. The normalized spacial score (nSPS) is 21.2. The number of aromatic nitrogens is 2. The van der Waals surface area contributed by atoms with E-state index >= 15 is 0 Å². The Hall–Kier alpha value is -0.870. The molecule has 88 valence electrons. The zero-order valence-electron chi connectivity index (χ0n) is 9.61. The molecule has 1 aliphatic heterocycles. The topological polar surface area (TPSA) is 38.2 Å². The standard InChI is InChI=1S/C11H16ClN3O/c1-8-7-16-4-3-15(8)11-13-6-10(5-12)9(2)14-11/h6,8H,3-5,7H2,1-2H3. The molecule has 1 aromatic heterocycles. The number of halogens is 1. The first-order chi connectivity index (χ1) is 7.72. The zero-order chi connectivity index (χ0) is 11.5. The molecule has 1 aromatic rings. The quantitative estimate of drug-likeness (QED) is 0.740. The molecule has 0 amide bonds. The predicted octanol–water partition coefficient (Wildman–Crippen LogP) is 1.75. The van der Waals surface area contributed by atoms with Crippen molar-refractivity contribution in [1.29, 1.82) is 0 Å². The van der Waals surface area contributed by atoms with Crippen molar-refractivity contribution in [2.75, 3.05) is 24.7 Å². The van der Waals surface area contributed by atoms with Crippen molar-refractivity contribution in [3.05, 3.63) is 17.5 Å². The van der Waals surface area contributed by atoms with E-state index in [9.17, 15) is 0 Å². The van der Waals surface area contributed by atoms with Gasteiger partial charge in [0.25, 0.3) is 0 Å². The van der Waals surface area contributed by atoms with Crippen molar-refractivity contribution >= 4 is 17.5 Å². The summed E-state index contributed by atoms with van der Waals surface area (Å²) >= 11 is 5.79. The van der Waals surface area contributed by atoms with Gasteiger partial charge in [0.1, 0.15) is 0 Å². The Kier molecular flexibility index (Phi) is 3.61. The molecule has 2 rings (SSSR count). The largest absolute Gasteiger partial charge is 0.377 e. The number of alkyl halides is 1. The van der Waals surface area contributed by atoms with Gasteiger partial charge < -0.3 is 9.64 Å². The minimum Gasteiger partial charge on any atom is -0.377 e. The molecule has 5 heteroatoms. The van der Waals surface area contributed by atoms with Crippen LogP contribution in [0, 0.1) is 6.92 Å². The lowest BCUT2D eigenvalue weighted by atomic mass is 10.2. The van der Waals surface area contributed by atoms with Crippen LogP contribution >= 0.6 is 11.6 Å². The average molecular weight is 242 g/mol. The first-order valence-electron chi connectivity index (χ1n) is 5.45. The van der Waals surface area contributed by atoms with Crippen LogP contribution in [-0.2, 0) is 10.6 Å². The molecule has 1 fully saturated rings. The van der Waals surface area contributed by atoms with Crippen LogP contribution in [0.4, 0.5) is 5.95 Å². The first kappa shape index (κ1) is 11.6. The van der Waals surface area contributed by atoms with Crippen molar-refractivity contribution < 1.29 is 4.74 Å². The lowest BCUT2D eigenvalue weighted by Crippen LogP contribution is -2.44. The summed E-state index contributed by atoms with van der Waals surface area (Å²) in [5, 5.41) is 0. The molecule has 0 N–H and O–H groups in total. The molecule has 1 saturated heterocycles. The van der Waals surface area contributed by atoms with Gasteiger partial charge in [-0.1, -0.05) is 0 Å². The van der Waals surface area contributed by atoms with E-state index in [0.717, 1.165) is 37.0 Å². The van der Waals surface area contributed by atoms with Gasteiger partial charge in [0, 0.05) is 24.0 Å². The Morgan fingerprint density at radius 3 is 3.06 bits per heavy atom. The van der Waals surface area contributed by atoms with Crippen LogP contribution < -0.4 is 4.90 Å². The number of rotatable bonds is 2. The second-order valence-corrected chi connectivity index (χ2v) is 4.30. The van der Waals surface area contributed by atoms with E-state index in [2.05, 4.69) is 21.8 Å². The molecule has 16 heavy (non-hydrogen) atoms. The SMILES string of the molecule is Cc1nc(N2CCOCC2C)ncc1CCl. The van der Waals surface area contributed by atoms with Crippen molar-refractivity contribution in [1.82, 2.24) is 9.97 Å². The Bertz CT molecular complexity index is 372. The minimum absolute atomic E-state index is 0.329. The third-order valence-electron chi connectivity index (χ3n) is 2.84. The summed E-state index contributed by atoms with van der Waals surface area (Å²) in [7, 11) is 0. The van der Waals surface area contributed by atoms with E-state index < -0.39 is 0 Å². The van der Waals surface area contributed by atoms with Gasteiger partial charge in [-0.2, -0.15) is 0 Å². The number of hydrogen-bond acceptors (Lipinski definition) is 4. The fourth-order valence-corrected chi connectivity index (χ4v) is 2.04. The lowest BCUT2D eigenvalue weighted by Gasteiger charge is -2.33. The number of aryl methyl sites for hydroxylation is 1. The molecule has 2 heterocycles. The van der Waals surface area contributed by atoms with Crippen molar-refractivity contribution in [2.24, 2.45) is 0 Å². The van der Waals surface area contributed by atoms with Gasteiger partial charge in [0.15, 0.2) is 0 Å². The molecule has 1 unspecified atom stereocenters. The van der Waals surface area contributed by atoms with Crippen molar-refractivity contribution in [2.45, 2.75) is 25.8 Å². The number of ether oxygens (including phenoxy) is 1. The number of hydrogen-bond donors (Lipinski definition) is 0. The molecular weight excluding hydrogens is 226 g/mol. The second-order valence-electron chi connectivity index (χ2n) is 4.03. The number of morpholine rings is 1. The summed E-state index contributed by atoms with van der Waals surface area (Å²) in [5.74, 6) is 1.24. The smallest absolute Gasteiger partial charge is 0.225 e. The van der Waals surface area contributed by atoms with E-state index in [1.54, 1.807) is 0 Å². The Morgan fingerprint density at radius 1 is 1.62 bits per heavy atom. The number of anilines is 1. The highest BCUT2D eigenvalue weighted by atomic mass is 35.5. The van der Waals surface area contributed by atoms with E-state index in [1.807, 2.05) is 13.1 Å². The summed E-state index contributed by atoms with van der Waals surface area (Å²) in [5.41, 5.74) is 1.95. The van der Waals surface area contributed by atoms with Crippen LogP contribution in [0.1, 0.15) is 18.2 Å². The van der Waals surface area contributed by atoms with Crippen molar-refractivity contribution in [3.8, 4) is 0 Å². The zero-order valence-corrected chi connectivity index (χ0v) is 10.4. The van der Waals surface area contributed by atoms with Crippen molar-refractivity contribution in [3.63, 3.8) is 0 Å². The maximum absolute atomic E-state index is 5.79. The highest BCUT2D eigenvalue weighted by Gasteiger charge is 2.21. The third-order valence-corrected chi connectivity index (χ3v) is 3.12. The summed E-state index contributed by atoms with van der Waals surface area (Å²) in [6.07, 6.45) is 1.81. The first-order valence-corrected chi connectivity index (χ1v) is 5.98. The van der Waals surface area contributed by atoms with E-state index in [1.165, 1.54) is 0 Å². The summed E-state index contributed by atoms with van der Waals surface area (Å²) < 4.78 is 5.39. The average Bonchev–Trinajstić information content (AvgIpc) is 2.29. The Labute approximate surface area is 101 Å². The molecule has 0 aliphatic carbocycles. The fraction of sp³-hybridized carbons (Fsp3) is 0.636. The molecule has 1 atom stereocenters. The van der Waals surface area contributed by atoms with Crippen LogP contribution in [0.2, 0.25) is 0 Å². The molecule has 4 nitrogen and oxygen atoms in total. The predicted molar refractivity (Wildman–Crippen MR) is 64.0 cm³/mol. The van der Waals surface area contributed by atoms with Gasteiger partial charge in [-0.05, 0) is 13.8 Å². The highest BCUT2D eigenvalue weighted by molar-refractivity contribution is 6.17. The van der Waals surface area contributed by atoms with Crippen LogP contribution in [-0.4, -0.2) is 35.8 Å². The molecule has 0 bridgehead atoms. The molecule has 1 aliphatic rings. The van der Waals surface area contributed by atoms with Gasteiger partial charge in [0.2, 0.25) is 5.95 Å². The van der Waals surface area contributed by atoms with E-state index in [4.69, 9.17) is 16.3 Å². The highest BCUT2D eigenvalue weighted by Crippen LogP contribution is 2.17. The van der Waals surface area contributed by atoms with Gasteiger partial charge >= 0.3 is 0 Å². The maximum Gasteiger partial charge on any atom is 0.225 e. The lowest BCUT2D eigenvalue weighted by molar-refractivity contribution is 0.0980. The van der Waals surface area contributed by atoms with Crippen LogP contribution in [0.25, 0.3) is 0 Å². The third kappa shape index (κ3) is 2.28. The summed E-state index contributed by atoms with van der Waals surface area (Å²) in [4.78, 5) is 11.0. The summed E-state index contributed by atoms with van der Waals surface area (Å²) in [6, 6.07) is 0.329. The van der Waals surface area contributed by atoms with Gasteiger partial charge in [-0.15, -0.1) is 11.6 Å². The van der Waals surface area contributed by atoms with Crippen LogP contribution in [0.5, 0.6) is 0 Å². The number of nitrogens with zero attached hydrogens (tertiary/aromatic N) is 3. The fourth-order valence-electron chi connectivity index (χ4n) is 1.77. The van der Waals surface area contributed by atoms with Gasteiger partial charge in [-0.25, -0.2) is 9.97 Å². The van der Waals surface area contributed by atoms with Gasteiger partial charge in [-0.3, -0.25) is 0 Å². The minimum atomic E-state index is 0.329. The van der Waals surface area contributed by atoms with Gasteiger partial charge in [0.05, 0.1) is 25.1 Å².